The Labute approximate surface area is 75.7 Å². The van der Waals surface area contributed by atoms with Crippen molar-refractivity contribution < 1.29 is 4.79 Å². The highest BCUT2D eigenvalue weighted by Gasteiger charge is 2.00. The van der Waals surface area contributed by atoms with Crippen LogP contribution in [-0.2, 0) is 4.79 Å². The molecule has 1 unspecified atom stereocenters. The SMILES string of the molecule is CC.CNC(C=O)CCCCN. The van der Waals surface area contributed by atoms with Crippen LogP contribution in [0.1, 0.15) is 33.1 Å². The summed E-state index contributed by atoms with van der Waals surface area (Å²) < 4.78 is 0. The van der Waals surface area contributed by atoms with Gasteiger partial charge in [0, 0.05) is 0 Å². The third-order valence-corrected chi connectivity index (χ3v) is 1.50. The Morgan fingerprint density at radius 1 is 1.42 bits per heavy atom. The zero-order chi connectivity index (χ0) is 9.82. The minimum absolute atomic E-state index is 0.0200. The number of hydrogen-bond donors (Lipinski definition) is 2. The van der Waals surface area contributed by atoms with E-state index in [0.29, 0.717) is 0 Å². The van der Waals surface area contributed by atoms with Gasteiger partial charge in [-0.05, 0) is 26.4 Å². The fourth-order valence-corrected chi connectivity index (χ4v) is 0.789. The van der Waals surface area contributed by atoms with Crippen molar-refractivity contribution in [2.45, 2.75) is 39.2 Å². The lowest BCUT2D eigenvalue weighted by atomic mass is 10.1. The van der Waals surface area contributed by atoms with E-state index in [2.05, 4.69) is 5.32 Å². The molecule has 3 heteroatoms. The molecule has 0 saturated heterocycles. The van der Waals surface area contributed by atoms with E-state index in [9.17, 15) is 4.79 Å². The van der Waals surface area contributed by atoms with Gasteiger partial charge in [-0.3, -0.25) is 0 Å². The number of nitrogens with two attached hydrogens (primary N) is 1. The number of hydrogen-bond acceptors (Lipinski definition) is 3. The number of carbonyl (C=O) groups excluding carboxylic acids is 1. The standard InChI is InChI=1S/C7H16N2O.C2H6/c1-9-7(6-10)4-2-3-5-8;1-2/h6-7,9H,2-5,8H2,1H3;1-2H3. The number of rotatable bonds is 6. The van der Waals surface area contributed by atoms with Crippen LogP contribution < -0.4 is 11.1 Å². The summed E-state index contributed by atoms with van der Waals surface area (Å²) in [6, 6.07) is 0.0200. The summed E-state index contributed by atoms with van der Waals surface area (Å²) in [5, 5.41) is 2.90. The molecule has 0 fully saturated rings. The summed E-state index contributed by atoms with van der Waals surface area (Å²) in [5.41, 5.74) is 5.29. The van der Waals surface area contributed by atoms with Crippen molar-refractivity contribution in [3.63, 3.8) is 0 Å². The van der Waals surface area contributed by atoms with Crippen LogP contribution in [0.15, 0.2) is 0 Å². The molecule has 0 amide bonds. The van der Waals surface area contributed by atoms with Crippen LogP contribution in [0.5, 0.6) is 0 Å². The van der Waals surface area contributed by atoms with E-state index in [1.807, 2.05) is 13.8 Å². The van der Waals surface area contributed by atoms with Crippen LogP contribution in [0.25, 0.3) is 0 Å². The van der Waals surface area contributed by atoms with Crippen molar-refractivity contribution in [2.75, 3.05) is 13.6 Å². The van der Waals surface area contributed by atoms with Gasteiger partial charge in [0.25, 0.3) is 0 Å². The molecule has 0 rings (SSSR count). The highest BCUT2D eigenvalue weighted by Crippen LogP contribution is 1.96. The van der Waals surface area contributed by atoms with E-state index in [0.717, 1.165) is 32.1 Å². The average molecular weight is 174 g/mol. The largest absolute Gasteiger partial charge is 0.330 e. The molecule has 0 saturated carbocycles. The number of nitrogens with one attached hydrogen (secondary N) is 1. The van der Waals surface area contributed by atoms with Crippen LogP contribution in [0.3, 0.4) is 0 Å². The topological polar surface area (TPSA) is 55.1 Å². The van der Waals surface area contributed by atoms with Crippen LogP contribution in [-0.4, -0.2) is 25.9 Å². The van der Waals surface area contributed by atoms with Crippen LogP contribution in [0.4, 0.5) is 0 Å². The van der Waals surface area contributed by atoms with Crippen molar-refractivity contribution in [2.24, 2.45) is 5.73 Å². The molecule has 74 valence electrons. The van der Waals surface area contributed by atoms with Gasteiger partial charge in [0.1, 0.15) is 6.29 Å². The van der Waals surface area contributed by atoms with E-state index < -0.39 is 0 Å². The molecule has 0 aromatic heterocycles. The Kier molecular flexibility index (Phi) is 15.5. The lowest BCUT2D eigenvalue weighted by Crippen LogP contribution is -2.26. The summed E-state index contributed by atoms with van der Waals surface area (Å²) in [4.78, 5) is 10.2. The van der Waals surface area contributed by atoms with Crippen LogP contribution in [0.2, 0.25) is 0 Å². The summed E-state index contributed by atoms with van der Waals surface area (Å²) in [6.45, 7) is 4.72. The first kappa shape index (κ1) is 14.1. The van der Waals surface area contributed by atoms with E-state index in [-0.39, 0.29) is 6.04 Å². The number of carbonyl (C=O) groups is 1. The first-order valence-corrected chi connectivity index (χ1v) is 4.67. The Hall–Kier alpha value is -0.410. The van der Waals surface area contributed by atoms with Gasteiger partial charge < -0.3 is 15.8 Å². The lowest BCUT2D eigenvalue weighted by molar-refractivity contribution is -0.109. The van der Waals surface area contributed by atoms with Gasteiger partial charge in [-0.25, -0.2) is 0 Å². The zero-order valence-electron chi connectivity index (χ0n) is 8.47. The Bertz CT molecular complexity index is 86.6. The molecule has 3 N–H and O–H groups in total. The minimum Gasteiger partial charge on any atom is -0.330 e. The average Bonchev–Trinajstić information content (AvgIpc) is 2.16. The summed E-state index contributed by atoms with van der Waals surface area (Å²) >= 11 is 0. The highest BCUT2D eigenvalue weighted by molar-refractivity contribution is 5.57. The summed E-state index contributed by atoms with van der Waals surface area (Å²) in [6.07, 6.45) is 3.88. The van der Waals surface area contributed by atoms with Gasteiger partial charge in [-0.15, -0.1) is 0 Å². The molecule has 0 aliphatic heterocycles. The summed E-state index contributed by atoms with van der Waals surface area (Å²) in [7, 11) is 1.79. The predicted molar refractivity (Wildman–Crippen MR) is 53.2 cm³/mol. The monoisotopic (exact) mass is 174 g/mol. The molecule has 0 bridgehead atoms. The van der Waals surface area contributed by atoms with Gasteiger partial charge in [-0.1, -0.05) is 20.3 Å². The maximum Gasteiger partial charge on any atom is 0.136 e. The molecule has 3 nitrogen and oxygen atoms in total. The van der Waals surface area contributed by atoms with Crippen molar-refractivity contribution in [1.29, 1.82) is 0 Å². The van der Waals surface area contributed by atoms with Crippen molar-refractivity contribution in [3.8, 4) is 0 Å². The second-order valence-electron chi connectivity index (χ2n) is 2.32. The zero-order valence-corrected chi connectivity index (χ0v) is 8.47. The maximum absolute atomic E-state index is 10.2. The normalized spacial score (nSPS) is 11.3. The fraction of sp³-hybridized carbons (Fsp3) is 0.889. The molecule has 0 aromatic rings. The predicted octanol–water partition coefficient (Wildman–Crippen LogP) is 0.928. The Morgan fingerprint density at radius 3 is 2.33 bits per heavy atom. The van der Waals surface area contributed by atoms with Gasteiger partial charge in [0.15, 0.2) is 0 Å². The lowest BCUT2D eigenvalue weighted by Gasteiger charge is -2.06. The minimum atomic E-state index is 0.0200. The molecule has 12 heavy (non-hydrogen) atoms. The molecular weight excluding hydrogens is 152 g/mol. The van der Waals surface area contributed by atoms with E-state index in [1.54, 1.807) is 7.05 Å². The van der Waals surface area contributed by atoms with E-state index >= 15 is 0 Å². The second kappa shape index (κ2) is 13.2. The molecule has 0 aliphatic rings. The third kappa shape index (κ3) is 9.59. The second-order valence-corrected chi connectivity index (χ2v) is 2.32. The number of aldehydes is 1. The van der Waals surface area contributed by atoms with Crippen molar-refractivity contribution in [1.82, 2.24) is 5.32 Å². The first-order chi connectivity index (χ1) is 5.85. The third-order valence-electron chi connectivity index (χ3n) is 1.50. The number of likely N-dealkylation sites (N-methyl/N-ethyl adjacent to an activating group) is 1. The van der Waals surface area contributed by atoms with E-state index in [4.69, 9.17) is 5.73 Å². The molecular formula is C9H22N2O. The van der Waals surface area contributed by atoms with E-state index in [1.165, 1.54) is 0 Å². The maximum atomic E-state index is 10.2. The van der Waals surface area contributed by atoms with Crippen LogP contribution >= 0.6 is 0 Å². The smallest absolute Gasteiger partial charge is 0.136 e. The summed E-state index contributed by atoms with van der Waals surface area (Å²) in [5.74, 6) is 0. The van der Waals surface area contributed by atoms with Crippen molar-refractivity contribution in [3.05, 3.63) is 0 Å². The molecule has 1 atom stereocenters. The fourth-order valence-electron chi connectivity index (χ4n) is 0.789. The van der Waals surface area contributed by atoms with Gasteiger partial charge in [0.05, 0.1) is 6.04 Å². The van der Waals surface area contributed by atoms with Crippen LogP contribution in [0, 0.1) is 0 Å². The van der Waals surface area contributed by atoms with Crippen molar-refractivity contribution >= 4 is 6.29 Å². The molecule has 0 heterocycles. The van der Waals surface area contributed by atoms with Gasteiger partial charge in [0.2, 0.25) is 0 Å². The van der Waals surface area contributed by atoms with Gasteiger partial charge in [-0.2, -0.15) is 0 Å². The first-order valence-electron chi connectivity index (χ1n) is 4.67. The number of unbranched alkanes of at least 4 members (excludes halogenated alkanes) is 1. The highest BCUT2D eigenvalue weighted by atomic mass is 16.1. The molecule has 0 aromatic carbocycles. The Morgan fingerprint density at radius 2 is 2.00 bits per heavy atom. The Balaban J connectivity index is 0. The molecule has 0 aliphatic carbocycles. The molecule has 0 radical (unpaired) electrons. The quantitative estimate of drug-likeness (QED) is 0.465. The molecule has 0 spiro atoms. The van der Waals surface area contributed by atoms with Gasteiger partial charge >= 0.3 is 0 Å².